The first-order valence-corrected chi connectivity index (χ1v) is 11.8. The van der Waals surface area contributed by atoms with Crippen molar-refractivity contribution in [1.29, 1.82) is 0 Å². The molecule has 0 fully saturated rings. The normalized spacial score (nSPS) is 13.1. The van der Waals surface area contributed by atoms with E-state index in [1.807, 2.05) is 38.1 Å². The number of ether oxygens (including phenoxy) is 1. The molecular weight excluding hydrogens is 459 g/mol. The number of carbonyl (C=O) groups excluding carboxylic acids is 1. The lowest BCUT2D eigenvalue weighted by molar-refractivity contribution is -0.137. The van der Waals surface area contributed by atoms with Crippen LogP contribution in [0.2, 0.25) is 0 Å². The van der Waals surface area contributed by atoms with Crippen LogP contribution in [0.1, 0.15) is 31.0 Å². The predicted molar refractivity (Wildman–Crippen MR) is 118 cm³/mol. The number of methoxy groups -OCH3 is 1. The Bertz CT molecular complexity index is 1040. The summed E-state index contributed by atoms with van der Waals surface area (Å²) in [5, 5.41) is 2.70. The zero-order valence-corrected chi connectivity index (χ0v) is 19.5. The largest absolute Gasteiger partial charge is 0.497 e. The average Bonchev–Trinajstić information content (AvgIpc) is 2.80. The van der Waals surface area contributed by atoms with Crippen LogP contribution >= 0.6 is 0 Å². The highest BCUT2D eigenvalue weighted by Crippen LogP contribution is 2.30. The van der Waals surface area contributed by atoms with Gasteiger partial charge in [0.25, 0.3) is 0 Å². The Hall–Kier alpha value is -2.63. The Morgan fingerprint density at radius 2 is 1.76 bits per heavy atom. The second kappa shape index (κ2) is 11.5. The van der Waals surface area contributed by atoms with E-state index in [1.54, 1.807) is 7.11 Å². The lowest BCUT2D eigenvalue weighted by Crippen LogP contribution is -2.42. The molecule has 0 bridgehead atoms. The van der Waals surface area contributed by atoms with E-state index in [2.05, 4.69) is 14.9 Å². The van der Waals surface area contributed by atoms with E-state index >= 15 is 0 Å². The SMILES string of the molecule is CCN(CC)C(CNC(=O)CNS(=O)(=O)c1cccc(C(F)(F)F)c1)c1cccc(OC)c1. The number of hydrogen-bond acceptors (Lipinski definition) is 5. The van der Waals surface area contributed by atoms with Crippen LogP contribution in [0, 0.1) is 0 Å². The van der Waals surface area contributed by atoms with Crippen molar-refractivity contribution in [3.63, 3.8) is 0 Å². The Morgan fingerprint density at radius 3 is 2.36 bits per heavy atom. The van der Waals surface area contributed by atoms with Gasteiger partial charge in [-0.05, 0) is 49.0 Å². The summed E-state index contributed by atoms with van der Waals surface area (Å²) in [5.74, 6) is 0.0652. The molecule has 0 spiro atoms. The molecule has 1 amide bonds. The number of sulfonamides is 1. The van der Waals surface area contributed by atoms with Crippen molar-refractivity contribution >= 4 is 15.9 Å². The Labute approximate surface area is 192 Å². The number of carbonyl (C=O) groups is 1. The highest BCUT2D eigenvalue weighted by molar-refractivity contribution is 7.89. The highest BCUT2D eigenvalue weighted by Gasteiger charge is 2.31. The fraction of sp³-hybridized carbons (Fsp3) is 0.409. The lowest BCUT2D eigenvalue weighted by Gasteiger charge is -2.30. The highest BCUT2D eigenvalue weighted by atomic mass is 32.2. The molecule has 0 aliphatic rings. The van der Waals surface area contributed by atoms with Crippen LogP contribution in [0.3, 0.4) is 0 Å². The number of benzene rings is 2. The number of rotatable bonds is 11. The number of alkyl halides is 3. The summed E-state index contributed by atoms with van der Waals surface area (Å²) >= 11 is 0. The van der Waals surface area contributed by atoms with Crippen molar-refractivity contribution in [3.05, 3.63) is 59.7 Å². The molecule has 1 unspecified atom stereocenters. The second-order valence-electron chi connectivity index (χ2n) is 7.17. The van der Waals surface area contributed by atoms with Gasteiger partial charge in [-0.2, -0.15) is 13.2 Å². The van der Waals surface area contributed by atoms with Crippen LogP contribution in [0.4, 0.5) is 13.2 Å². The maximum atomic E-state index is 12.9. The minimum Gasteiger partial charge on any atom is -0.497 e. The first-order valence-electron chi connectivity index (χ1n) is 10.3. The average molecular weight is 488 g/mol. The number of likely N-dealkylation sites (N-methyl/N-ethyl adjacent to an activating group) is 1. The zero-order chi connectivity index (χ0) is 24.6. The van der Waals surface area contributed by atoms with Crippen LogP contribution in [-0.2, 0) is 21.0 Å². The van der Waals surface area contributed by atoms with E-state index in [4.69, 9.17) is 4.74 Å². The van der Waals surface area contributed by atoms with Gasteiger partial charge in [0.2, 0.25) is 15.9 Å². The molecule has 2 aromatic rings. The van der Waals surface area contributed by atoms with Crippen LogP contribution in [0.25, 0.3) is 0 Å². The minimum atomic E-state index is -4.68. The predicted octanol–water partition coefficient (Wildman–Crippen LogP) is 3.19. The topological polar surface area (TPSA) is 87.7 Å². The van der Waals surface area contributed by atoms with E-state index in [1.165, 1.54) is 0 Å². The summed E-state index contributed by atoms with van der Waals surface area (Å²) in [6.45, 7) is 5.01. The van der Waals surface area contributed by atoms with Crippen LogP contribution in [0.15, 0.2) is 53.4 Å². The van der Waals surface area contributed by atoms with E-state index in [0.717, 1.165) is 36.9 Å². The van der Waals surface area contributed by atoms with Gasteiger partial charge in [0.05, 0.1) is 30.2 Å². The van der Waals surface area contributed by atoms with Crippen LogP contribution in [-0.4, -0.2) is 52.5 Å². The van der Waals surface area contributed by atoms with E-state index in [0.29, 0.717) is 11.8 Å². The molecule has 2 N–H and O–H groups in total. The van der Waals surface area contributed by atoms with Gasteiger partial charge in [-0.15, -0.1) is 0 Å². The summed E-state index contributed by atoms with van der Waals surface area (Å²) in [7, 11) is -2.74. The van der Waals surface area contributed by atoms with Gasteiger partial charge < -0.3 is 10.1 Å². The molecule has 1 atom stereocenters. The number of nitrogens with one attached hydrogen (secondary N) is 2. The standard InChI is InChI=1S/C22H28F3N3O4S/c1-4-28(5-2)20(16-8-6-10-18(12-16)32-3)14-26-21(29)15-27-33(30,31)19-11-7-9-17(13-19)22(23,24)25/h6-13,20,27H,4-5,14-15H2,1-3H3,(H,26,29). The van der Waals surface area contributed by atoms with E-state index in [-0.39, 0.29) is 12.6 Å². The molecule has 2 rings (SSSR count). The van der Waals surface area contributed by atoms with Gasteiger partial charge in [0, 0.05) is 6.54 Å². The smallest absolute Gasteiger partial charge is 0.416 e. The van der Waals surface area contributed by atoms with E-state index in [9.17, 15) is 26.4 Å². The van der Waals surface area contributed by atoms with Gasteiger partial charge in [0.1, 0.15) is 5.75 Å². The summed E-state index contributed by atoms with van der Waals surface area (Å²) in [6, 6.07) is 10.6. The van der Waals surface area contributed by atoms with Crippen molar-refractivity contribution in [2.24, 2.45) is 0 Å². The van der Waals surface area contributed by atoms with Crippen molar-refractivity contribution in [2.45, 2.75) is 31.0 Å². The number of hydrogen-bond donors (Lipinski definition) is 2. The Kier molecular flexibility index (Phi) is 9.26. The fourth-order valence-electron chi connectivity index (χ4n) is 3.33. The fourth-order valence-corrected chi connectivity index (χ4v) is 4.36. The van der Waals surface area contributed by atoms with Crippen molar-refractivity contribution < 1.29 is 31.1 Å². The zero-order valence-electron chi connectivity index (χ0n) is 18.6. The van der Waals surface area contributed by atoms with Crippen LogP contribution in [0.5, 0.6) is 5.75 Å². The lowest BCUT2D eigenvalue weighted by atomic mass is 10.0. The van der Waals surface area contributed by atoms with Gasteiger partial charge in [-0.25, -0.2) is 13.1 Å². The van der Waals surface area contributed by atoms with E-state index < -0.39 is 39.1 Å². The quantitative estimate of drug-likeness (QED) is 0.508. The molecule has 0 aliphatic carbocycles. The van der Waals surface area contributed by atoms with Crippen LogP contribution < -0.4 is 14.8 Å². The number of amides is 1. The minimum absolute atomic E-state index is 0.181. The monoisotopic (exact) mass is 487 g/mol. The maximum absolute atomic E-state index is 12.9. The second-order valence-corrected chi connectivity index (χ2v) is 8.93. The summed E-state index contributed by atoms with van der Waals surface area (Å²) in [4.78, 5) is 13.9. The van der Waals surface area contributed by atoms with Gasteiger partial charge in [0.15, 0.2) is 0 Å². The molecule has 2 aromatic carbocycles. The molecule has 11 heteroatoms. The molecule has 0 saturated carbocycles. The Balaban J connectivity index is 2.06. The molecule has 0 heterocycles. The maximum Gasteiger partial charge on any atom is 0.416 e. The summed E-state index contributed by atoms with van der Waals surface area (Å²) in [6.07, 6.45) is -4.68. The van der Waals surface area contributed by atoms with Crippen molar-refractivity contribution in [3.8, 4) is 5.75 Å². The van der Waals surface area contributed by atoms with Crippen molar-refractivity contribution in [2.75, 3.05) is 33.3 Å². The molecule has 0 radical (unpaired) electrons. The first kappa shape index (κ1) is 26.6. The molecule has 182 valence electrons. The molecule has 0 aliphatic heterocycles. The summed E-state index contributed by atoms with van der Waals surface area (Å²) < 4.78 is 70.7. The molecule has 0 saturated heterocycles. The third-order valence-electron chi connectivity index (χ3n) is 5.12. The van der Waals surface area contributed by atoms with Gasteiger partial charge in [-0.1, -0.05) is 32.0 Å². The van der Waals surface area contributed by atoms with Gasteiger partial charge in [-0.3, -0.25) is 9.69 Å². The number of nitrogens with zero attached hydrogens (tertiary/aromatic N) is 1. The van der Waals surface area contributed by atoms with Crippen molar-refractivity contribution in [1.82, 2.24) is 14.9 Å². The van der Waals surface area contributed by atoms with Gasteiger partial charge >= 0.3 is 6.18 Å². The Morgan fingerprint density at radius 1 is 1.09 bits per heavy atom. The number of halogens is 3. The third kappa shape index (κ3) is 7.44. The molecule has 0 aromatic heterocycles. The first-order chi connectivity index (χ1) is 15.5. The molecule has 33 heavy (non-hydrogen) atoms. The third-order valence-corrected chi connectivity index (χ3v) is 6.52. The summed E-state index contributed by atoms with van der Waals surface area (Å²) in [5.41, 5.74) is -0.168. The molecular formula is C22H28F3N3O4S. The molecule has 7 nitrogen and oxygen atoms in total.